The van der Waals surface area contributed by atoms with E-state index in [1.807, 2.05) is 0 Å². The van der Waals surface area contributed by atoms with Gasteiger partial charge in [-0.2, -0.15) is 0 Å². The van der Waals surface area contributed by atoms with Gasteiger partial charge in [0.2, 0.25) is 0 Å². The highest BCUT2D eigenvalue weighted by Gasteiger charge is 2.22. The second kappa shape index (κ2) is 41.4. The maximum atomic E-state index is 13.0. The molecular formula is C49H85NO10. The van der Waals surface area contributed by atoms with Gasteiger partial charge in [0, 0.05) is 51.5 Å². The summed E-state index contributed by atoms with van der Waals surface area (Å²) in [6, 6.07) is 0. The lowest BCUT2D eigenvalue weighted by Crippen LogP contribution is -2.37. The number of rotatable bonds is 38. The first kappa shape index (κ1) is 55.1. The number of carbonyl (C=O) groups excluding carboxylic acids is 3. The Balaban J connectivity index is 2.54. The number of unbranched alkanes of at least 4 members (excludes halogenated alkanes) is 11. The Hall–Kier alpha value is -2.91. The Bertz CT molecular complexity index is 1140. The summed E-state index contributed by atoms with van der Waals surface area (Å²) in [5, 5.41) is 0. The Kier molecular flexibility index (Phi) is 38.1. The average Bonchev–Trinajstić information content (AvgIpc) is 3.26. The van der Waals surface area contributed by atoms with Crippen molar-refractivity contribution in [2.75, 3.05) is 72.5 Å². The maximum absolute atomic E-state index is 13.0. The van der Waals surface area contributed by atoms with Gasteiger partial charge in [0.25, 0.3) is 0 Å². The molecule has 1 aliphatic rings. The number of likely N-dealkylation sites (tertiary alicyclic amines) is 1. The summed E-state index contributed by atoms with van der Waals surface area (Å²) in [5.74, 6) is 5.38. The molecular weight excluding hydrogens is 763 g/mol. The zero-order chi connectivity index (χ0) is 43.6. The summed E-state index contributed by atoms with van der Waals surface area (Å²) in [5.41, 5.74) is 0. The van der Waals surface area contributed by atoms with Crippen LogP contribution in [0.1, 0.15) is 169 Å². The molecule has 346 valence electrons. The van der Waals surface area contributed by atoms with Crippen LogP contribution in [0.3, 0.4) is 0 Å². The van der Waals surface area contributed by atoms with E-state index in [0.29, 0.717) is 45.2 Å². The van der Waals surface area contributed by atoms with E-state index in [1.165, 1.54) is 19.3 Å². The van der Waals surface area contributed by atoms with Crippen LogP contribution in [-0.4, -0.2) is 102 Å². The zero-order valence-electron chi connectivity index (χ0n) is 38.4. The van der Waals surface area contributed by atoms with E-state index in [0.717, 1.165) is 122 Å². The molecule has 0 aromatic carbocycles. The number of hydrogen-bond acceptors (Lipinski definition) is 11. The van der Waals surface area contributed by atoms with Gasteiger partial charge < -0.3 is 38.1 Å². The number of nitrogens with zero attached hydrogens (tertiary/aromatic N) is 1. The Morgan fingerprint density at radius 1 is 0.667 bits per heavy atom. The van der Waals surface area contributed by atoms with Crippen molar-refractivity contribution in [3.63, 3.8) is 0 Å². The van der Waals surface area contributed by atoms with Gasteiger partial charge in [0.05, 0.1) is 32.2 Å². The average molecular weight is 848 g/mol. The SMILES string of the molecule is CC/C=C\CCCCOC(CCC(=O)OCC(COCCCCCCC(=O)OCC#CCCCCCC)COC(=O)OCC1CCCN(CC)C1)OCCCC/C=C\CC. The van der Waals surface area contributed by atoms with Crippen LogP contribution in [0.15, 0.2) is 24.3 Å². The molecule has 0 amide bonds. The van der Waals surface area contributed by atoms with E-state index in [1.54, 1.807) is 0 Å². The molecule has 2 unspecified atom stereocenters. The van der Waals surface area contributed by atoms with Crippen molar-refractivity contribution in [2.45, 2.75) is 175 Å². The molecule has 0 spiro atoms. The van der Waals surface area contributed by atoms with E-state index in [2.05, 4.69) is 68.7 Å². The lowest BCUT2D eigenvalue weighted by Gasteiger charge is -2.31. The first-order valence-electron chi connectivity index (χ1n) is 23.8. The third kappa shape index (κ3) is 34.8. The molecule has 0 aromatic rings. The highest BCUT2D eigenvalue weighted by Crippen LogP contribution is 2.17. The van der Waals surface area contributed by atoms with E-state index in [4.69, 9.17) is 33.2 Å². The summed E-state index contributed by atoms with van der Waals surface area (Å²) < 4.78 is 40.0. The van der Waals surface area contributed by atoms with Gasteiger partial charge in [0.1, 0.15) is 6.61 Å². The summed E-state index contributed by atoms with van der Waals surface area (Å²) in [6.45, 7) is 14.0. The number of ether oxygens (including phenoxy) is 7. The van der Waals surface area contributed by atoms with Crippen LogP contribution < -0.4 is 0 Å². The van der Waals surface area contributed by atoms with E-state index in [-0.39, 0.29) is 50.7 Å². The molecule has 1 saturated heterocycles. The first-order valence-corrected chi connectivity index (χ1v) is 23.8. The van der Waals surface area contributed by atoms with Crippen LogP contribution in [0.5, 0.6) is 0 Å². The fourth-order valence-electron chi connectivity index (χ4n) is 6.64. The molecule has 0 radical (unpaired) electrons. The number of esters is 2. The number of piperidine rings is 1. The third-order valence-corrected chi connectivity index (χ3v) is 10.3. The van der Waals surface area contributed by atoms with Crippen LogP contribution in [0.2, 0.25) is 0 Å². The predicted octanol–water partition coefficient (Wildman–Crippen LogP) is 10.9. The monoisotopic (exact) mass is 848 g/mol. The van der Waals surface area contributed by atoms with Gasteiger partial charge in [-0.05, 0) is 96.6 Å². The largest absolute Gasteiger partial charge is 0.508 e. The molecule has 1 heterocycles. The molecule has 1 rings (SSSR count). The number of hydrogen-bond donors (Lipinski definition) is 0. The van der Waals surface area contributed by atoms with Crippen LogP contribution in [0.25, 0.3) is 0 Å². The normalized spacial score (nSPS) is 15.0. The van der Waals surface area contributed by atoms with Crippen molar-refractivity contribution in [1.29, 1.82) is 0 Å². The summed E-state index contributed by atoms with van der Waals surface area (Å²) in [7, 11) is 0. The predicted molar refractivity (Wildman–Crippen MR) is 239 cm³/mol. The van der Waals surface area contributed by atoms with Gasteiger partial charge in [-0.15, -0.1) is 0 Å². The summed E-state index contributed by atoms with van der Waals surface area (Å²) in [4.78, 5) is 39.9. The third-order valence-electron chi connectivity index (χ3n) is 10.3. The van der Waals surface area contributed by atoms with Crippen molar-refractivity contribution >= 4 is 18.1 Å². The molecule has 11 heteroatoms. The summed E-state index contributed by atoms with van der Waals surface area (Å²) >= 11 is 0. The molecule has 1 aliphatic heterocycles. The fourth-order valence-corrected chi connectivity index (χ4v) is 6.64. The van der Waals surface area contributed by atoms with Crippen molar-refractivity contribution in [3.05, 3.63) is 24.3 Å². The van der Waals surface area contributed by atoms with Crippen LogP contribution in [0, 0.1) is 23.7 Å². The van der Waals surface area contributed by atoms with Crippen molar-refractivity contribution < 1.29 is 47.5 Å². The Morgan fingerprint density at radius 3 is 2.03 bits per heavy atom. The second-order valence-corrected chi connectivity index (χ2v) is 15.8. The second-order valence-electron chi connectivity index (χ2n) is 15.8. The molecule has 11 nitrogen and oxygen atoms in total. The number of allylic oxidation sites excluding steroid dienone is 4. The number of carbonyl (C=O) groups is 3. The fraction of sp³-hybridized carbons (Fsp3) is 0.816. The topological polar surface area (TPSA) is 119 Å². The van der Waals surface area contributed by atoms with Crippen molar-refractivity contribution in [2.24, 2.45) is 11.8 Å². The summed E-state index contributed by atoms with van der Waals surface area (Å²) in [6.07, 6.45) is 27.6. The van der Waals surface area contributed by atoms with Crippen LogP contribution in [0.4, 0.5) is 4.79 Å². The quantitative estimate of drug-likeness (QED) is 0.0147. The zero-order valence-corrected chi connectivity index (χ0v) is 38.4. The van der Waals surface area contributed by atoms with Gasteiger partial charge in [-0.25, -0.2) is 4.79 Å². The van der Waals surface area contributed by atoms with Crippen molar-refractivity contribution in [1.82, 2.24) is 4.90 Å². The Labute approximate surface area is 365 Å². The first-order chi connectivity index (χ1) is 29.4. The lowest BCUT2D eigenvalue weighted by atomic mass is 9.99. The minimum atomic E-state index is -0.715. The lowest BCUT2D eigenvalue weighted by molar-refractivity contribution is -0.160. The van der Waals surface area contributed by atoms with Gasteiger partial charge >= 0.3 is 18.1 Å². The molecule has 0 bridgehead atoms. The molecule has 60 heavy (non-hydrogen) atoms. The maximum Gasteiger partial charge on any atom is 0.508 e. The molecule has 0 aromatic heterocycles. The molecule has 0 aliphatic carbocycles. The van der Waals surface area contributed by atoms with E-state index >= 15 is 0 Å². The minimum absolute atomic E-state index is 0.0128. The van der Waals surface area contributed by atoms with Gasteiger partial charge in [-0.3, -0.25) is 9.59 Å². The van der Waals surface area contributed by atoms with Crippen molar-refractivity contribution in [3.8, 4) is 11.8 Å². The molecule has 0 N–H and O–H groups in total. The van der Waals surface area contributed by atoms with Gasteiger partial charge in [0.15, 0.2) is 12.9 Å². The highest BCUT2D eigenvalue weighted by atomic mass is 16.7. The van der Waals surface area contributed by atoms with Crippen LogP contribution in [-0.2, 0) is 42.7 Å². The van der Waals surface area contributed by atoms with Gasteiger partial charge in [-0.1, -0.05) is 95.9 Å². The smallest absolute Gasteiger partial charge is 0.465 e. The Morgan fingerprint density at radius 2 is 1.33 bits per heavy atom. The standard InChI is InChI=1S/C49H85NO10/c1-5-9-12-15-18-22-26-36-55-46(51)31-24-19-23-25-35-54-40-45(43-60-49(53)59-41-44-30-29-34-50(8-4)39-44)42-58-47(52)32-33-48(56-37-27-20-16-13-10-6-2)57-38-28-21-17-14-11-7-3/h10-11,13-14,44-45,48H,5-9,12,15-21,23-25,27-43H2,1-4H3/b13-10-,14-11-. The molecule has 2 atom stereocenters. The molecule has 1 fully saturated rings. The molecule has 0 saturated carbocycles. The van der Waals surface area contributed by atoms with E-state index in [9.17, 15) is 14.4 Å². The minimum Gasteiger partial charge on any atom is -0.465 e. The highest BCUT2D eigenvalue weighted by molar-refractivity contribution is 5.69. The van der Waals surface area contributed by atoms with E-state index < -0.39 is 12.4 Å². The van der Waals surface area contributed by atoms with Crippen LogP contribution >= 0.6 is 0 Å².